The van der Waals surface area contributed by atoms with E-state index in [-0.39, 0.29) is 5.54 Å². The lowest BCUT2D eigenvalue weighted by Crippen LogP contribution is -2.61. The van der Waals surface area contributed by atoms with Crippen LogP contribution in [-0.2, 0) is 0 Å². The summed E-state index contributed by atoms with van der Waals surface area (Å²) in [6, 6.07) is 0.572. The van der Waals surface area contributed by atoms with E-state index in [0.717, 1.165) is 19.6 Å². The fourth-order valence-corrected chi connectivity index (χ4v) is 2.98. The summed E-state index contributed by atoms with van der Waals surface area (Å²) in [5, 5.41) is 3.68. The second-order valence-electron chi connectivity index (χ2n) is 5.16. The van der Waals surface area contributed by atoms with Gasteiger partial charge in [0.2, 0.25) is 0 Å². The zero-order valence-electron chi connectivity index (χ0n) is 12.4. The Morgan fingerprint density at radius 1 is 1.06 bits per heavy atom. The Morgan fingerprint density at radius 3 is 1.81 bits per heavy atom. The molecule has 16 heavy (non-hydrogen) atoms. The topological polar surface area (TPSA) is 15.3 Å². The standard InChI is InChI=1S/C14H32N2/c1-8-14(7,16(10-3)11-4)13(12(5)6)15-9-2/h12-13,15H,8-11H2,1-7H3. The number of likely N-dealkylation sites (N-methyl/N-ethyl adjacent to an activating group) is 2. The van der Waals surface area contributed by atoms with E-state index in [1.165, 1.54) is 6.42 Å². The van der Waals surface area contributed by atoms with Gasteiger partial charge in [0.05, 0.1) is 0 Å². The van der Waals surface area contributed by atoms with Crippen molar-refractivity contribution in [3.63, 3.8) is 0 Å². The second-order valence-corrected chi connectivity index (χ2v) is 5.16. The maximum Gasteiger partial charge on any atom is 0.0334 e. The van der Waals surface area contributed by atoms with Gasteiger partial charge in [0.15, 0.2) is 0 Å². The van der Waals surface area contributed by atoms with Crippen molar-refractivity contribution < 1.29 is 0 Å². The highest BCUT2D eigenvalue weighted by Gasteiger charge is 2.37. The number of nitrogens with one attached hydrogen (secondary N) is 1. The molecular formula is C14H32N2. The van der Waals surface area contributed by atoms with Gasteiger partial charge in [-0.3, -0.25) is 4.90 Å². The molecule has 0 aromatic carbocycles. The number of hydrogen-bond acceptors (Lipinski definition) is 2. The molecule has 0 aromatic rings. The van der Waals surface area contributed by atoms with Crippen molar-refractivity contribution in [2.75, 3.05) is 19.6 Å². The fraction of sp³-hybridized carbons (Fsp3) is 1.00. The van der Waals surface area contributed by atoms with E-state index in [9.17, 15) is 0 Å². The van der Waals surface area contributed by atoms with Crippen molar-refractivity contribution in [1.82, 2.24) is 10.2 Å². The number of nitrogens with zero attached hydrogens (tertiary/aromatic N) is 1. The largest absolute Gasteiger partial charge is 0.312 e. The predicted molar refractivity (Wildman–Crippen MR) is 73.9 cm³/mol. The Morgan fingerprint density at radius 2 is 1.56 bits per heavy atom. The molecule has 0 saturated carbocycles. The minimum absolute atomic E-state index is 0.272. The minimum atomic E-state index is 0.272. The summed E-state index contributed by atoms with van der Waals surface area (Å²) < 4.78 is 0. The molecule has 0 aliphatic rings. The monoisotopic (exact) mass is 228 g/mol. The molecule has 0 fully saturated rings. The van der Waals surface area contributed by atoms with E-state index in [0.29, 0.717) is 12.0 Å². The first-order valence-corrected chi connectivity index (χ1v) is 6.96. The van der Waals surface area contributed by atoms with Gasteiger partial charge in [-0.1, -0.05) is 41.5 Å². The smallest absolute Gasteiger partial charge is 0.0334 e. The third-order valence-corrected chi connectivity index (χ3v) is 3.96. The molecule has 98 valence electrons. The second kappa shape index (κ2) is 7.29. The van der Waals surface area contributed by atoms with Crippen LogP contribution in [0.3, 0.4) is 0 Å². The number of hydrogen-bond donors (Lipinski definition) is 1. The van der Waals surface area contributed by atoms with E-state index in [2.05, 4.69) is 58.7 Å². The Bertz CT molecular complexity index is 176. The Kier molecular flexibility index (Phi) is 7.25. The molecule has 0 saturated heterocycles. The zero-order valence-corrected chi connectivity index (χ0v) is 12.4. The van der Waals surface area contributed by atoms with Gasteiger partial charge in [-0.15, -0.1) is 0 Å². The first kappa shape index (κ1) is 15.9. The summed E-state index contributed by atoms with van der Waals surface area (Å²) >= 11 is 0. The van der Waals surface area contributed by atoms with E-state index < -0.39 is 0 Å². The highest BCUT2D eigenvalue weighted by molar-refractivity contribution is 4.97. The molecule has 0 rings (SSSR count). The summed E-state index contributed by atoms with van der Waals surface area (Å²) in [7, 11) is 0. The van der Waals surface area contributed by atoms with Crippen molar-refractivity contribution in [3.8, 4) is 0 Å². The first-order chi connectivity index (χ1) is 7.47. The third kappa shape index (κ3) is 3.46. The third-order valence-electron chi connectivity index (χ3n) is 3.96. The van der Waals surface area contributed by atoms with E-state index in [1.807, 2.05) is 0 Å². The van der Waals surface area contributed by atoms with Gasteiger partial charge < -0.3 is 5.32 Å². The van der Waals surface area contributed by atoms with Crippen LogP contribution in [0.2, 0.25) is 0 Å². The summed E-state index contributed by atoms with van der Waals surface area (Å²) in [6.45, 7) is 19.4. The first-order valence-electron chi connectivity index (χ1n) is 6.96. The van der Waals surface area contributed by atoms with Gasteiger partial charge in [-0.2, -0.15) is 0 Å². The molecule has 1 N–H and O–H groups in total. The van der Waals surface area contributed by atoms with Crippen molar-refractivity contribution in [1.29, 1.82) is 0 Å². The quantitative estimate of drug-likeness (QED) is 0.686. The lowest BCUT2D eigenvalue weighted by Gasteiger charge is -2.47. The Labute approximate surface area is 103 Å². The molecule has 2 nitrogen and oxygen atoms in total. The Hall–Kier alpha value is -0.0800. The SMILES string of the molecule is CCNC(C(C)C)C(C)(CC)N(CC)CC. The molecule has 0 aliphatic carbocycles. The molecule has 0 bridgehead atoms. The van der Waals surface area contributed by atoms with Gasteiger partial charge in [0.25, 0.3) is 0 Å². The molecule has 0 radical (unpaired) electrons. The van der Waals surface area contributed by atoms with E-state index in [4.69, 9.17) is 0 Å². The molecule has 2 heteroatoms. The van der Waals surface area contributed by atoms with Crippen LogP contribution in [0.1, 0.15) is 54.9 Å². The van der Waals surface area contributed by atoms with Crippen LogP contribution in [0.25, 0.3) is 0 Å². The fourth-order valence-electron chi connectivity index (χ4n) is 2.98. The molecule has 0 spiro atoms. The number of rotatable bonds is 8. The van der Waals surface area contributed by atoms with Crippen LogP contribution in [0.4, 0.5) is 0 Å². The van der Waals surface area contributed by atoms with Crippen molar-refractivity contribution >= 4 is 0 Å². The average Bonchev–Trinajstić information content (AvgIpc) is 2.26. The molecule has 2 atom stereocenters. The summed E-state index contributed by atoms with van der Waals surface area (Å²) in [5.41, 5.74) is 0.272. The summed E-state index contributed by atoms with van der Waals surface area (Å²) in [5.74, 6) is 0.672. The van der Waals surface area contributed by atoms with Gasteiger partial charge in [0, 0.05) is 11.6 Å². The van der Waals surface area contributed by atoms with Crippen LogP contribution in [0.5, 0.6) is 0 Å². The molecular weight excluding hydrogens is 196 g/mol. The molecule has 0 amide bonds. The highest BCUT2D eigenvalue weighted by atomic mass is 15.2. The molecule has 0 aromatic heterocycles. The van der Waals surface area contributed by atoms with Crippen LogP contribution in [0, 0.1) is 5.92 Å². The van der Waals surface area contributed by atoms with E-state index in [1.54, 1.807) is 0 Å². The maximum atomic E-state index is 3.68. The van der Waals surface area contributed by atoms with Crippen LogP contribution in [0.15, 0.2) is 0 Å². The normalized spacial score (nSPS) is 17.8. The lowest BCUT2D eigenvalue weighted by atomic mass is 9.80. The van der Waals surface area contributed by atoms with Crippen LogP contribution >= 0.6 is 0 Å². The molecule has 0 aliphatic heterocycles. The van der Waals surface area contributed by atoms with Crippen molar-refractivity contribution in [2.24, 2.45) is 5.92 Å². The Balaban J connectivity index is 4.98. The minimum Gasteiger partial charge on any atom is -0.312 e. The molecule has 0 heterocycles. The zero-order chi connectivity index (χ0) is 12.8. The lowest BCUT2D eigenvalue weighted by molar-refractivity contribution is 0.0527. The van der Waals surface area contributed by atoms with Crippen LogP contribution < -0.4 is 5.32 Å². The summed E-state index contributed by atoms with van der Waals surface area (Å²) in [4.78, 5) is 2.60. The van der Waals surface area contributed by atoms with Gasteiger partial charge in [-0.05, 0) is 38.9 Å². The van der Waals surface area contributed by atoms with Gasteiger partial charge in [-0.25, -0.2) is 0 Å². The van der Waals surface area contributed by atoms with Gasteiger partial charge in [0.1, 0.15) is 0 Å². The highest BCUT2D eigenvalue weighted by Crippen LogP contribution is 2.27. The van der Waals surface area contributed by atoms with Crippen molar-refractivity contribution in [2.45, 2.75) is 66.5 Å². The van der Waals surface area contributed by atoms with Crippen molar-refractivity contribution in [3.05, 3.63) is 0 Å². The average molecular weight is 228 g/mol. The maximum absolute atomic E-state index is 3.68. The van der Waals surface area contributed by atoms with Gasteiger partial charge >= 0.3 is 0 Å². The summed E-state index contributed by atoms with van der Waals surface area (Å²) in [6.07, 6.45) is 1.20. The predicted octanol–water partition coefficient (Wildman–Crippen LogP) is 3.13. The molecule has 2 unspecified atom stereocenters. The van der Waals surface area contributed by atoms with Crippen LogP contribution in [-0.4, -0.2) is 36.1 Å². The van der Waals surface area contributed by atoms with E-state index >= 15 is 0 Å².